The van der Waals surface area contributed by atoms with E-state index in [4.69, 9.17) is 32.7 Å². The molecule has 0 aliphatic carbocycles. The average molecular weight is 396 g/mol. The van der Waals surface area contributed by atoms with Crippen molar-refractivity contribution in [1.82, 2.24) is 10.2 Å². The summed E-state index contributed by atoms with van der Waals surface area (Å²) in [5.41, 5.74) is 0. The number of methoxy groups -OCH3 is 1. The molecule has 0 bridgehead atoms. The van der Waals surface area contributed by atoms with E-state index in [9.17, 15) is 0 Å². The van der Waals surface area contributed by atoms with Crippen molar-refractivity contribution in [2.75, 3.05) is 31.7 Å². The minimum atomic E-state index is 0.431. The third kappa shape index (κ3) is 5.15. The van der Waals surface area contributed by atoms with Crippen LogP contribution in [0, 0.1) is 5.92 Å². The van der Waals surface area contributed by atoms with Crippen molar-refractivity contribution < 1.29 is 9.47 Å². The van der Waals surface area contributed by atoms with E-state index in [-0.39, 0.29) is 0 Å². The molecule has 2 aromatic rings. The normalized spacial score (nSPS) is 15.1. The van der Waals surface area contributed by atoms with E-state index in [1.54, 1.807) is 19.2 Å². The summed E-state index contributed by atoms with van der Waals surface area (Å²) in [5.74, 6) is 3.08. The van der Waals surface area contributed by atoms with Gasteiger partial charge in [0.1, 0.15) is 11.5 Å². The van der Waals surface area contributed by atoms with Crippen molar-refractivity contribution in [3.05, 3.63) is 40.5 Å². The highest BCUT2D eigenvalue weighted by Gasteiger charge is 2.20. The number of ether oxygens (including phenoxy) is 2. The molecule has 140 valence electrons. The lowest BCUT2D eigenvalue weighted by molar-refractivity contribution is 0.279. The molecule has 0 saturated carbocycles. The van der Waals surface area contributed by atoms with Crippen molar-refractivity contribution in [1.29, 1.82) is 0 Å². The Labute approximate surface area is 164 Å². The Bertz CT molecular complexity index is 704. The summed E-state index contributed by atoms with van der Waals surface area (Å²) in [6.45, 7) is 2.69. The first-order chi connectivity index (χ1) is 12.7. The highest BCUT2D eigenvalue weighted by atomic mass is 35.5. The van der Waals surface area contributed by atoms with Crippen LogP contribution in [0.4, 0.5) is 5.82 Å². The number of benzene rings is 1. The molecule has 0 atom stereocenters. The zero-order valence-corrected chi connectivity index (χ0v) is 16.3. The van der Waals surface area contributed by atoms with Crippen molar-refractivity contribution in [3.63, 3.8) is 0 Å². The molecular formula is C19H23Cl2N3O2. The van der Waals surface area contributed by atoms with Crippen molar-refractivity contribution >= 4 is 29.0 Å². The maximum Gasteiger partial charge on any atom is 0.151 e. The molecule has 0 amide bonds. The topological polar surface area (TPSA) is 47.5 Å². The minimum Gasteiger partial charge on any atom is -0.497 e. The molecule has 0 unspecified atom stereocenters. The van der Waals surface area contributed by atoms with Crippen LogP contribution in [0.15, 0.2) is 30.3 Å². The molecule has 0 spiro atoms. The van der Waals surface area contributed by atoms with Crippen LogP contribution < -0.4 is 14.4 Å². The quantitative estimate of drug-likeness (QED) is 0.625. The molecule has 3 rings (SSSR count). The van der Waals surface area contributed by atoms with Gasteiger partial charge in [0.2, 0.25) is 0 Å². The number of nitrogens with zero attached hydrogens (tertiary/aromatic N) is 3. The maximum absolute atomic E-state index is 6.19. The van der Waals surface area contributed by atoms with Gasteiger partial charge in [-0.25, -0.2) is 0 Å². The molecule has 0 N–H and O–H groups in total. The van der Waals surface area contributed by atoms with Crippen LogP contribution >= 0.6 is 23.2 Å². The van der Waals surface area contributed by atoms with E-state index in [1.165, 1.54) is 0 Å². The smallest absolute Gasteiger partial charge is 0.151 e. The summed E-state index contributed by atoms with van der Waals surface area (Å²) in [6.07, 6.45) is 4.50. The van der Waals surface area contributed by atoms with Crippen LogP contribution in [0.2, 0.25) is 10.2 Å². The predicted octanol–water partition coefficient (Wildman–Crippen LogP) is 4.87. The molecule has 1 aliphatic rings. The van der Waals surface area contributed by atoms with Crippen LogP contribution in [0.1, 0.15) is 25.7 Å². The van der Waals surface area contributed by atoms with Gasteiger partial charge in [-0.15, -0.1) is 10.2 Å². The molecule has 26 heavy (non-hydrogen) atoms. The van der Waals surface area contributed by atoms with Gasteiger partial charge in [0.25, 0.3) is 0 Å². The lowest BCUT2D eigenvalue weighted by atomic mass is 9.92. The number of aromatic nitrogens is 2. The number of hydrogen-bond acceptors (Lipinski definition) is 5. The number of rotatable bonds is 7. The van der Waals surface area contributed by atoms with E-state index >= 15 is 0 Å². The van der Waals surface area contributed by atoms with Crippen LogP contribution in [-0.2, 0) is 0 Å². The molecule has 1 saturated heterocycles. The van der Waals surface area contributed by atoms with Crippen LogP contribution in [-0.4, -0.2) is 37.0 Å². The summed E-state index contributed by atoms with van der Waals surface area (Å²) in [6, 6.07) is 9.20. The van der Waals surface area contributed by atoms with E-state index in [2.05, 4.69) is 15.1 Å². The molecule has 1 fully saturated rings. The standard InChI is InChI=1S/C19H23Cl2N3O2/c1-25-15-4-5-17(16(20)13-15)26-12-2-3-14-8-10-24(11-9-14)19-7-6-18(21)22-23-19/h4-7,13-14H,2-3,8-12H2,1H3. The zero-order chi connectivity index (χ0) is 18.4. The Kier molecular flexibility index (Phi) is 6.80. The fourth-order valence-electron chi connectivity index (χ4n) is 3.21. The highest BCUT2D eigenvalue weighted by molar-refractivity contribution is 6.32. The molecule has 1 aliphatic heterocycles. The minimum absolute atomic E-state index is 0.431. The van der Waals surface area contributed by atoms with Gasteiger partial charge in [-0.1, -0.05) is 23.2 Å². The predicted molar refractivity (Wildman–Crippen MR) is 105 cm³/mol. The Morgan fingerprint density at radius 3 is 2.58 bits per heavy atom. The third-order valence-electron chi connectivity index (χ3n) is 4.71. The summed E-state index contributed by atoms with van der Waals surface area (Å²) >= 11 is 12.0. The zero-order valence-electron chi connectivity index (χ0n) is 14.8. The second-order valence-electron chi connectivity index (χ2n) is 6.43. The number of hydrogen-bond donors (Lipinski definition) is 0. The lowest BCUT2D eigenvalue weighted by Crippen LogP contribution is -2.34. The summed E-state index contributed by atoms with van der Waals surface area (Å²) in [5, 5.41) is 9.09. The Morgan fingerprint density at radius 1 is 1.12 bits per heavy atom. The van der Waals surface area contributed by atoms with Crippen LogP contribution in [0.3, 0.4) is 0 Å². The number of piperidine rings is 1. The monoisotopic (exact) mass is 395 g/mol. The first kappa shape index (κ1) is 19.1. The fraction of sp³-hybridized carbons (Fsp3) is 0.474. The summed E-state index contributed by atoms with van der Waals surface area (Å²) < 4.78 is 10.9. The van der Waals surface area contributed by atoms with Gasteiger partial charge in [0, 0.05) is 19.2 Å². The average Bonchev–Trinajstić information content (AvgIpc) is 2.67. The van der Waals surface area contributed by atoms with Gasteiger partial charge >= 0.3 is 0 Å². The van der Waals surface area contributed by atoms with Gasteiger partial charge in [-0.05, 0) is 55.9 Å². The molecule has 5 nitrogen and oxygen atoms in total. The fourth-order valence-corrected chi connectivity index (χ4v) is 3.53. The number of anilines is 1. The second-order valence-corrected chi connectivity index (χ2v) is 7.23. The number of halogens is 2. The van der Waals surface area contributed by atoms with Crippen molar-refractivity contribution in [2.24, 2.45) is 5.92 Å². The van der Waals surface area contributed by atoms with Gasteiger partial charge in [-0.2, -0.15) is 0 Å². The van der Waals surface area contributed by atoms with Crippen molar-refractivity contribution in [3.8, 4) is 11.5 Å². The van der Waals surface area contributed by atoms with Gasteiger partial charge < -0.3 is 14.4 Å². The summed E-state index contributed by atoms with van der Waals surface area (Å²) in [7, 11) is 1.62. The SMILES string of the molecule is COc1ccc(OCCCC2CCN(c3ccc(Cl)nn3)CC2)c(Cl)c1. The Hall–Kier alpha value is -1.72. The van der Waals surface area contributed by atoms with Gasteiger partial charge in [0.05, 0.1) is 18.7 Å². The second kappa shape index (κ2) is 9.28. The molecular weight excluding hydrogens is 373 g/mol. The largest absolute Gasteiger partial charge is 0.497 e. The maximum atomic E-state index is 6.19. The molecule has 1 aromatic heterocycles. The lowest BCUT2D eigenvalue weighted by Gasteiger charge is -2.32. The van der Waals surface area contributed by atoms with Gasteiger partial charge in [-0.3, -0.25) is 0 Å². The Balaban J connectivity index is 1.37. The van der Waals surface area contributed by atoms with E-state index in [0.29, 0.717) is 22.5 Å². The van der Waals surface area contributed by atoms with Crippen LogP contribution in [0.25, 0.3) is 0 Å². The highest BCUT2D eigenvalue weighted by Crippen LogP contribution is 2.29. The van der Waals surface area contributed by atoms with E-state index in [1.807, 2.05) is 18.2 Å². The van der Waals surface area contributed by atoms with Gasteiger partial charge in [0.15, 0.2) is 11.0 Å². The third-order valence-corrected chi connectivity index (χ3v) is 5.21. The first-order valence-corrected chi connectivity index (χ1v) is 9.62. The van der Waals surface area contributed by atoms with E-state index in [0.717, 1.165) is 56.3 Å². The Morgan fingerprint density at radius 2 is 1.92 bits per heavy atom. The molecule has 7 heteroatoms. The van der Waals surface area contributed by atoms with E-state index < -0.39 is 0 Å². The molecule has 1 aromatic carbocycles. The molecule has 2 heterocycles. The summed E-state index contributed by atoms with van der Waals surface area (Å²) in [4.78, 5) is 2.27. The molecule has 0 radical (unpaired) electrons. The van der Waals surface area contributed by atoms with Crippen LogP contribution in [0.5, 0.6) is 11.5 Å². The van der Waals surface area contributed by atoms with Crippen molar-refractivity contribution in [2.45, 2.75) is 25.7 Å². The first-order valence-electron chi connectivity index (χ1n) is 8.86.